The third kappa shape index (κ3) is 2.80. The van der Waals surface area contributed by atoms with Crippen molar-refractivity contribution in [3.63, 3.8) is 0 Å². The third-order valence-electron chi connectivity index (χ3n) is 12.5. The monoisotopic (exact) mass is 464 g/mol. The zero-order chi connectivity index (χ0) is 25.1. The lowest BCUT2D eigenvalue weighted by Gasteiger charge is -2.71. The highest BCUT2D eigenvalue weighted by molar-refractivity contribution is 6.04. The minimum atomic E-state index is -0.580. The molecule has 8 atom stereocenters. The van der Waals surface area contributed by atoms with E-state index in [1.54, 1.807) is 0 Å². The Morgan fingerprint density at radius 2 is 1.56 bits per heavy atom. The Balaban J connectivity index is 1.63. The largest absolute Gasteiger partial charge is 0.325 e. The van der Waals surface area contributed by atoms with Crippen LogP contribution in [0.5, 0.6) is 0 Å². The van der Waals surface area contributed by atoms with E-state index in [1.807, 2.05) is 19.9 Å². The molecule has 186 valence electrons. The van der Waals surface area contributed by atoms with E-state index in [4.69, 9.17) is 5.73 Å². The number of carbonyl (C=O) groups excluding carboxylic acids is 2. The van der Waals surface area contributed by atoms with E-state index in [0.717, 1.165) is 44.9 Å². The summed E-state index contributed by atoms with van der Waals surface area (Å²) in [6.07, 6.45) is 9.76. The summed E-state index contributed by atoms with van der Waals surface area (Å²) < 4.78 is 0. The maximum atomic E-state index is 14.2. The molecule has 4 nitrogen and oxygen atoms in total. The zero-order valence-electron chi connectivity index (χ0n) is 22.4. The molecule has 0 aliphatic heterocycles. The number of nitrogens with two attached hydrogens (primary N) is 1. The van der Waals surface area contributed by atoms with Gasteiger partial charge in [-0.1, -0.05) is 54.5 Å². The second-order valence-electron chi connectivity index (χ2n) is 14.9. The van der Waals surface area contributed by atoms with Crippen LogP contribution in [0, 0.1) is 62.1 Å². The van der Waals surface area contributed by atoms with Crippen molar-refractivity contribution in [1.29, 1.82) is 5.26 Å². The molecular weight excluding hydrogens is 420 g/mol. The van der Waals surface area contributed by atoms with E-state index in [9.17, 15) is 14.9 Å². The lowest BCUT2D eigenvalue weighted by molar-refractivity contribution is -0.212. The van der Waals surface area contributed by atoms with Crippen molar-refractivity contribution >= 4 is 11.6 Å². The molecule has 4 heteroatoms. The molecule has 0 saturated heterocycles. The van der Waals surface area contributed by atoms with Gasteiger partial charge in [-0.05, 0) is 84.4 Å². The topological polar surface area (TPSA) is 83.9 Å². The molecule has 0 radical (unpaired) electrons. The van der Waals surface area contributed by atoms with Crippen LogP contribution < -0.4 is 5.73 Å². The van der Waals surface area contributed by atoms with Gasteiger partial charge in [0, 0.05) is 23.3 Å². The normalized spacial score (nSPS) is 51.2. The van der Waals surface area contributed by atoms with Gasteiger partial charge in [-0.3, -0.25) is 9.59 Å². The summed E-state index contributed by atoms with van der Waals surface area (Å²) in [4.78, 5) is 27.4. The minimum absolute atomic E-state index is 0.0184. The first-order chi connectivity index (χ1) is 15.6. The van der Waals surface area contributed by atoms with Crippen LogP contribution in [0.4, 0.5) is 0 Å². The Labute approximate surface area is 206 Å². The van der Waals surface area contributed by atoms with Gasteiger partial charge < -0.3 is 5.73 Å². The Hall–Kier alpha value is -1.47. The number of rotatable bonds is 0. The molecular formula is C30H44N2O2. The smallest absolute Gasteiger partial charge is 0.178 e. The fraction of sp³-hybridized carbons (Fsp3) is 0.833. The average Bonchev–Trinajstić information content (AvgIpc) is 2.74. The number of carbonyl (C=O) groups is 2. The lowest BCUT2D eigenvalue weighted by Crippen LogP contribution is -2.71. The predicted molar refractivity (Wildman–Crippen MR) is 133 cm³/mol. The Kier molecular flexibility index (Phi) is 4.88. The first kappa shape index (κ1) is 24.2. The molecule has 3 unspecified atom stereocenters. The van der Waals surface area contributed by atoms with Crippen LogP contribution in [-0.4, -0.2) is 17.1 Å². The van der Waals surface area contributed by atoms with Gasteiger partial charge in [0.25, 0.3) is 0 Å². The van der Waals surface area contributed by atoms with E-state index in [-0.39, 0.29) is 56.7 Å². The molecule has 4 fully saturated rings. The van der Waals surface area contributed by atoms with E-state index < -0.39 is 5.41 Å². The van der Waals surface area contributed by atoms with Crippen LogP contribution in [0.25, 0.3) is 0 Å². The van der Waals surface area contributed by atoms with Crippen molar-refractivity contribution in [2.45, 2.75) is 105 Å². The molecule has 0 aromatic rings. The molecule has 4 saturated carbocycles. The third-order valence-corrected chi connectivity index (χ3v) is 12.5. The number of hydrogen-bond donors (Lipinski definition) is 1. The maximum absolute atomic E-state index is 14.2. The van der Waals surface area contributed by atoms with Gasteiger partial charge in [0.05, 0.1) is 5.57 Å². The standard InChI is InChI=1S/C30H44N2O2/c1-25(2)10-12-30(32)13-11-29(7)23(19(30)16-25)20(33)14-22-27(5)15-18(17-31)24(34)26(3,4)21(27)8-9-28(22,29)6/h15,19,21-23H,8-14,16,32H2,1-7H3/t19?,21-,22?,23?,27-,28+,29+,30-/m0/s1. The molecule has 0 bridgehead atoms. The molecule has 5 rings (SSSR count). The second kappa shape index (κ2) is 6.84. The predicted octanol–water partition coefficient (Wildman–Crippen LogP) is 6.00. The summed E-state index contributed by atoms with van der Waals surface area (Å²) in [5, 5.41) is 9.84. The Morgan fingerprint density at radius 1 is 0.912 bits per heavy atom. The second-order valence-corrected chi connectivity index (χ2v) is 14.9. The van der Waals surface area contributed by atoms with Crippen LogP contribution in [0.15, 0.2) is 11.6 Å². The van der Waals surface area contributed by atoms with Crippen LogP contribution in [0.1, 0.15) is 99.8 Å². The van der Waals surface area contributed by atoms with Crippen molar-refractivity contribution in [3.8, 4) is 6.07 Å². The first-order valence-corrected chi connectivity index (χ1v) is 13.6. The zero-order valence-corrected chi connectivity index (χ0v) is 22.4. The molecule has 2 N–H and O–H groups in total. The highest BCUT2D eigenvalue weighted by Crippen LogP contribution is 2.74. The van der Waals surface area contributed by atoms with E-state index >= 15 is 0 Å². The SMILES string of the molecule is CC1(C)CC[C@]2(N)CC[C@]3(C)C(C(=O)CC4[C@@]5(C)C=C(C#N)C(=O)C(C)(C)[C@@H]5CC[C@]43C)C2C1. The van der Waals surface area contributed by atoms with Crippen molar-refractivity contribution in [3.05, 3.63) is 11.6 Å². The van der Waals surface area contributed by atoms with Crippen molar-refractivity contribution in [2.24, 2.45) is 56.5 Å². The highest BCUT2D eigenvalue weighted by atomic mass is 16.1. The fourth-order valence-corrected chi connectivity index (χ4v) is 10.3. The number of nitriles is 1. The van der Waals surface area contributed by atoms with Gasteiger partial charge in [-0.2, -0.15) is 5.26 Å². The molecule has 0 heterocycles. The summed E-state index contributed by atoms with van der Waals surface area (Å²) in [5.74, 6) is 0.935. The van der Waals surface area contributed by atoms with E-state index in [2.05, 4.69) is 40.7 Å². The Morgan fingerprint density at radius 3 is 2.21 bits per heavy atom. The number of Topliss-reactive ketones (excluding diaryl/α,β-unsaturated/α-hetero) is 2. The van der Waals surface area contributed by atoms with Crippen molar-refractivity contribution < 1.29 is 9.59 Å². The van der Waals surface area contributed by atoms with Crippen LogP contribution in [-0.2, 0) is 9.59 Å². The number of hydrogen-bond acceptors (Lipinski definition) is 4. The van der Waals surface area contributed by atoms with Crippen LogP contribution >= 0.6 is 0 Å². The van der Waals surface area contributed by atoms with Crippen molar-refractivity contribution in [1.82, 2.24) is 0 Å². The highest BCUT2D eigenvalue weighted by Gasteiger charge is 2.71. The summed E-state index contributed by atoms with van der Waals surface area (Å²) in [5.41, 5.74) is 6.38. The van der Waals surface area contributed by atoms with Gasteiger partial charge in [-0.25, -0.2) is 0 Å². The number of allylic oxidation sites excluding steroid dienone is 2. The molecule has 5 aliphatic rings. The van der Waals surface area contributed by atoms with Gasteiger partial charge in [0.15, 0.2) is 5.78 Å². The molecule has 0 spiro atoms. The van der Waals surface area contributed by atoms with Crippen LogP contribution in [0.2, 0.25) is 0 Å². The van der Waals surface area contributed by atoms with Gasteiger partial charge in [-0.15, -0.1) is 0 Å². The molecule has 0 amide bonds. The minimum Gasteiger partial charge on any atom is -0.325 e. The first-order valence-electron chi connectivity index (χ1n) is 13.6. The Bertz CT molecular complexity index is 1030. The molecule has 0 aromatic heterocycles. The average molecular weight is 465 g/mol. The van der Waals surface area contributed by atoms with Gasteiger partial charge in [0.1, 0.15) is 11.9 Å². The summed E-state index contributed by atoms with van der Waals surface area (Å²) in [6, 6.07) is 2.21. The molecule has 0 aromatic carbocycles. The van der Waals surface area contributed by atoms with E-state index in [0.29, 0.717) is 17.8 Å². The number of fused-ring (bicyclic) bond motifs is 7. The van der Waals surface area contributed by atoms with Gasteiger partial charge >= 0.3 is 0 Å². The van der Waals surface area contributed by atoms with E-state index in [1.165, 1.54) is 0 Å². The van der Waals surface area contributed by atoms with Gasteiger partial charge in [0.2, 0.25) is 0 Å². The molecule has 34 heavy (non-hydrogen) atoms. The van der Waals surface area contributed by atoms with Crippen molar-refractivity contribution in [2.75, 3.05) is 0 Å². The quantitative estimate of drug-likeness (QED) is 0.477. The summed E-state index contributed by atoms with van der Waals surface area (Å²) >= 11 is 0. The summed E-state index contributed by atoms with van der Waals surface area (Å²) in [7, 11) is 0. The fourth-order valence-electron chi connectivity index (χ4n) is 10.3. The molecule has 5 aliphatic carbocycles. The van der Waals surface area contributed by atoms with Crippen LogP contribution in [0.3, 0.4) is 0 Å². The maximum Gasteiger partial charge on any atom is 0.178 e. The number of nitrogens with zero attached hydrogens (tertiary/aromatic N) is 1. The lowest BCUT2D eigenvalue weighted by atomic mass is 9.32. The number of ketones is 2. The summed E-state index contributed by atoms with van der Waals surface area (Å²) in [6.45, 7) is 15.8.